The van der Waals surface area contributed by atoms with Gasteiger partial charge < -0.3 is 9.84 Å². The maximum absolute atomic E-state index is 10.7. The van der Waals surface area contributed by atoms with Gasteiger partial charge in [-0.05, 0) is 25.2 Å². The van der Waals surface area contributed by atoms with Gasteiger partial charge in [0.05, 0.1) is 13.2 Å². The maximum atomic E-state index is 10.7. The Morgan fingerprint density at radius 3 is 2.75 bits per heavy atom. The minimum Gasteiger partial charge on any atom is -0.480 e. The largest absolute Gasteiger partial charge is 0.480 e. The first-order valence-corrected chi connectivity index (χ1v) is 6.24. The lowest BCUT2D eigenvalue weighted by atomic mass is 10.3. The van der Waals surface area contributed by atoms with Crippen molar-refractivity contribution in [2.45, 2.75) is 32.6 Å². The monoisotopic (exact) mass is 229 g/mol. The molecule has 94 valence electrons. The van der Waals surface area contributed by atoms with E-state index in [1.165, 1.54) is 12.8 Å². The summed E-state index contributed by atoms with van der Waals surface area (Å²) in [5.41, 5.74) is 0. The van der Waals surface area contributed by atoms with Crippen molar-refractivity contribution < 1.29 is 14.6 Å². The van der Waals surface area contributed by atoms with E-state index in [2.05, 4.69) is 6.92 Å². The fourth-order valence-corrected chi connectivity index (χ4v) is 1.63. The Morgan fingerprint density at radius 1 is 1.44 bits per heavy atom. The van der Waals surface area contributed by atoms with Gasteiger partial charge in [0.15, 0.2) is 0 Å². The summed E-state index contributed by atoms with van der Waals surface area (Å²) in [5, 5.41) is 8.78. The molecule has 16 heavy (non-hydrogen) atoms. The van der Waals surface area contributed by atoms with Gasteiger partial charge in [0, 0.05) is 19.7 Å². The van der Waals surface area contributed by atoms with Gasteiger partial charge in [-0.1, -0.05) is 13.3 Å². The van der Waals surface area contributed by atoms with Crippen LogP contribution in [0, 0.1) is 5.92 Å². The third-order valence-electron chi connectivity index (χ3n) is 2.77. The van der Waals surface area contributed by atoms with E-state index >= 15 is 0 Å². The van der Waals surface area contributed by atoms with Gasteiger partial charge in [-0.15, -0.1) is 0 Å². The fraction of sp³-hybridized carbons (Fsp3) is 0.917. The Bertz CT molecular complexity index is 204. The first-order chi connectivity index (χ1) is 7.72. The standard InChI is InChI=1S/C12H23NO3/c1-2-3-7-16-8-6-13(10-12(14)15)9-11-4-5-11/h11H,2-10H2,1H3,(H,14,15). The van der Waals surface area contributed by atoms with Gasteiger partial charge in [-0.25, -0.2) is 0 Å². The highest BCUT2D eigenvalue weighted by atomic mass is 16.5. The first-order valence-electron chi connectivity index (χ1n) is 6.24. The minimum absolute atomic E-state index is 0.146. The van der Waals surface area contributed by atoms with Crippen LogP contribution in [0.15, 0.2) is 0 Å². The van der Waals surface area contributed by atoms with E-state index < -0.39 is 5.97 Å². The molecule has 0 bridgehead atoms. The molecule has 1 rings (SSSR count). The van der Waals surface area contributed by atoms with Crippen molar-refractivity contribution in [2.75, 3.05) is 32.8 Å². The maximum Gasteiger partial charge on any atom is 0.317 e. The van der Waals surface area contributed by atoms with Crippen LogP contribution in [0.4, 0.5) is 0 Å². The van der Waals surface area contributed by atoms with Crippen LogP contribution < -0.4 is 0 Å². The number of carboxylic acid groups (broad SMARTS) is 1. The number of hydrogen-bond acceptors (Lipinski definition) is 3. The summed E-state index contributed by atoms with van der Waals surface area (Å²) in [6.07, 6.45) is 4.74. The van der Waals surface area contributed by atoms with Crippen LogP contribution in [-0.4, -0.2) is 48.8 Å². The Labute approximate surface area is 97.6 Å². The Kier molecular flexibility index (Phi) is 6.42. The molecule has 1 saturated carbocycles. The van der Waals surface area contributed by atoms with Crippen molar-refractivity contribution >= 4 is 5.97 Å². The van der Waals surface area contributed by atoms with Crippen molar-refractivity contribution in [1.29, 1.82) is 0 Å². The van der Waals surface area contributed by atoms with E-state index in [1.54, 1.807) is 0 Å². The van der Waals surface area contributed by atoms with Crippen LogP contribution in [0.3, 0.4) is 0 Å². The van der Waals surface area contributed by atoms with Crippen molar-refractivity contribution in [3.05, 3.63) is 0 Å². The Hall–Kier alpha value is -0.610. The second-order valence-electron chi connectivity index (χ2n) is 4.54. The molecule has 0 heterocycles. The molecule has 0 radical (unpaired) electrons. The van der Waals surface area contributed by atoms with Crippen LogP contribution in [0.1, 0.15) is 32.6 Å². The quantitative estimate of drug-likeness (QED) is 0.578. The van der Waals surface area contributed by atoms with Crippen molar-refractivity contribution in [3.63, 3.8) is 0 Å². The molecule has 1 aliphatic carbocycles. The van der Waals surface area contributed by atoms with Crippen molar-refractivity contribution in [3.8, 4) is 0 Å². The number of ether oxygens (including phenoxy) is 1. The highest BCUT2D eigenvalue weighted by molar-refractivity contribution is 5.69. The number of unbranched alkanes of at least 4 members (excludes halogenated alkanes) is 1. The summed E-state index contributed by atoms with van der Waals surface area (Å²) < 4.78 is 5.45. The molecule has 0 amide bonds. The number of rotatable bonds is 10. The van der Waals surface area contributed by atoms with Crippen LogP contribution in [0.25, 0.3) is 0 Å². The number of hydrogen-bond donors (Lipinski definition) is 1. The molecule has 0 aromatic heterocycles. The van der Waals surface area contributed by atoms with Crippen LogP contribution in [0.5, 0.6) is 0 Å². The second kappa shape index (κ2) is 7.63. The summed E-state index contributed by atoms with van der Waals surface area (Å²) in [7, 11) is 0. The average molecular weight is 229 g/mol. The first kappa shape index (κ1) is 13.5. The normalized spacial score (nSPS) is 15.6. The predicted octanol–water partition coefficient (Wildman–Crippen LogP) is 1.60. The molecule has 4 nitrogen and oxygen atoms in total. The minimum atomic E-state index is -0.741. The zero-order chi connectivity index (χ0) is 11.8. The van der Waals surface area contributed by atoms with E-state index in [0.29, 0.717) is 6.61 Å². The molecular weight excluding hydrogens is 206 g/mol. The third-order valence-corrected chi connectivity index (χ3v) is 2.77. The van der Waals surface area contributed by atoms with Crippen molar-refractivity contribution in [2.24, 2.45) is 5.92 Å². The molecule has 0 aromatic rings. The molecule has 0 saturated heterocycles. The second-order valence-corrected chi connectivity index (χ2v) is 4.54. The zero-order valence-corrected chi connectivity index (χ0v) is 10.2. The summed E-state index contributed by atoms with van der Waals surface area (Å²) in [4.78, 5) is 12.7. The summed E-state index contributed by atoms with van der Waals surface area (Å²) in [6.45, 7) is 5.39. The molecule has 1 N–H and O–H groups in total. The average Bonchev–Trinajstić information content (AvgIpc) is 3.00. The van der Waals surface area contributed by atoms with E-state index in [0.717, 1.165) is 38.5 Å². The van der Waals surface area contributed by atoms with Crippen LogP contribution in [-0.2, 0) is 9.53 Å². The van der Waals surface area contributed by atoms with Crippen LogP contribution in [0.2, 0.25) is 0 Å². The highest BCUT2D eigenvalue weighted by Gasteiger charge is 2.24. The lowest BCUT2D eigenvalue weighted by Gasteiger charge is -2.19. The number of carbonyl (C=O) groups is 1. The summed E-state index contributed by atoms with van der Waals surface area (Å²) in [5.74, 6) is -0.0100. The summed E-state index contributed by atoms with van der Waals surface area (Å²) in [6, 6.07) is 0. The zero-order valence-electron chi connectivity index (χ0n) is 10.2. The highest BCUT2D eigenvalue weighted by Crippen LogP contribution is 2.29. The van der Waals surface area contributed by atoms with E-state index in [9.17, 15) is 4.79 Å². The van der Waals surface area contributed by atoms with E-state index in [1.807, 2.05) is 4.90 Å². The van der Waals surface area contributed by atoms with E-state index in [4.69, 9.17) is 9.84 Å². The molecule has 0 unspecified atom stereocenters. The molecule has 1 fully saturated rings. The molecule has 0 aliphatic heterocycles. The van der Waals surface area contributed by atoms with Gasteiger partial charge in [-0.3, -0.25) is 9.69 Å². The molecule has 0 atom stereocenters. The number of nitrogens with zero attached hydrogens (tertiary/aromatic N) is 1. The number of aliphatic carboxylic acids is 1. The SMILES string of the molecule is CCCCOCCN(CC(=O)O)CC1CC1. The van der Waals surface area contributed by atoms with Crippen molar-refractivity contribution in [1.82, 2.24) is 4.90 Å². The molecule has 0 aromatic carbocycles. The van der Waals surface area contributed by atoms with Gasteiger partial charge in [0.25, 0.3) is 0 Å². The van der Waals surface area contributed by atoms with Gasteiger partial charge in [0.2, 0.25) is 0 Å². The molecule has 1 aliphatic rings. The Balaban J connectivity index is 2.07. The third kappa shape index (κ3) is 6.80. The molecule has 0 spiro atoms. The fourth-order valence-electron chi connectivity index (χ4n) is 1.63. The summed E-state index contributed by atoms with van der Waals surface area (Å²) >= 11 is 0. The Morgan fingerprint density at radius 2 is 2.19 bits per heavy atom. The lowest BCUT2D eigenvalue weighted by molar-refractivity contribution is -0.138. The topological polar surface area (TPSA) is 49.8 Å². The van der Waals surface area contributed by atoms with Gasteiger partial charge in [0.1, 0.15) is 0 Å². The molecule has 4 heteroatoms. The van der Waals surface area contributed by atoms with Crippen LogP contribution >= 0.6 is 0 Å². The predicted molar refractivity (Wildman–Crippen MR) is 62.5 cm³/mol. The molecular formula is C12H23NO3. The van der Waals surface area contributed by atoms with Gasteiger partial charge in [-0.2, -0.15) is 0 Å². The smallest absolute Gasteiger partial charge is 0.317 e. The van der Waals surface area contributed by atoms with Gasteiger partial charge >= 0.3 is 5.97 Å². The van der Waals surface area contributed by atoms with E-state index in [-0.39, 0.29) is 6.54 Å². The lowest BCUT2D eigenvalue weighted by Crippen LogP contribution is -2.34. The number of carboxylic acids is 1.